The second-order valence-electron chi connectivity index (χ2n) is 6.47. The highest BCUT2D eigenvalue weighted by Crippen LogP contribution is 2.15. The molecule has 0 aliphatic carbocycles. The first-order chi connectivity index (χ1) is 12.5. The summed E-state index contributed by atoms with van der Waals surface area (Å²) < 4.78 is 5.45. The Morgan fingerprint density at radius 2 is 1.85 bits per heavy atom. The van der Waals surface area contributed by atoms with E-state index in [1.807, 2.05) is 45.9 Å². The zero-order valence-electron chi connectivity index (χ0n) is 15.9. The van der Waals surface area contributed by atoms with Gasteiger partial charge in [0.1, 0.15) is 6.26 Å². The lowest BCUT2D eigenvalue weighted by Crippen LogP contribution is -2.38. The molecule has 2 amide bonds. The molecule has 0 spiro atoms. The van der Waals surface area contributed by atoms with Crippen molar-refractivity contribution < 1.29 is 14.0 Å². The fourth-order valence-electron chi connectivity index (χ4n) is 2.43. The summed E-state index contributed by atoms with van der Waals surface area (Å²) in [5, 5.41) is 2.85. The van der Waals surface area contributed by atoms with E-state index in [2.05, 4.69) is 10.3 Å². The molecule has 0 saturated heterocycles. The Hall–Kier alpha value is -2.63. The van der Waals surface area contributed by atoms with E-state index in [-0.39, 0.29) is 36.1 Å². The number of rotatable bonds is 8. The van der Waals surface area contributed by atoms with Crippen LogP contribution in [0, 0.1) is 0 Å². The first kappa shape index (κ1) is 19.7. The molecule has 26 heavy (non-hydrogen) atoms. The van der Waals surface area contributed by atoms with Crippen LogP contribution in [-0.4, -0.2) is 33.8 Å². The normalized spacial score (nSPS) is 13.1. The van der Waals surface area contributed by atoms with E-state index in [0.29, 0.717) is 11.5 Å². The van der Waals surface area contributed by atoms with Gasteiger partial charge in [-0.1, -0.05) is 32.0 Å². The van der Waals surface area contributed by atoms with Crippen LogP contribution in [0.2, 0.25) is 0 Å². The molecule has 1 heterocycles. The number of nitrogens with one attached hydrogen (secondary N) is 1. The quantitative estimate of drug-likeness (QED) is 0.782. The zero-order chi connectivity index (χ0) is 19.1. The van der Waals surface area contributed by atoms with E-state index in [0.717, 1.165) is 12.8 Å². The van der Waals surface area contributed by atoms with Gasteiger partial charge in [0.05, 0.1) is 6.54 Å². The van der Waals surface area contributed by atoms with E-state index < -0.39 is 0 Å². The molecule has 6 heteroatoms. The molecule has 0 aliphatic heterocycles. The van der Waals surface area contributed by atoms with Crippen molar-refractivity contribution in [3.05, 3.63) is 53.7 Å². The number of carbonyl (C=O) groups is 2. The maximum absolute atomic E-state index is 12.9. The van der Waals surface area contributed by atoms with Crippen molar-refractivity contribution in [2.24, 2.45) is 0 Å². The summed E-state index contributed by atoms with van der Waals surface area (Å²) in [6.07, 6.45) is 2.99. The molecule has 140 valence electrons. The molecule has 0 fully saturated rings. The van der Waals surface area contributed by atoms with Gasteiger partial charge in [-0.2, -0.15) is 0 Å². The minimum Gasteiger partial charge on any atom is -0.446 e. The molecule has 1 aromatic carbocycles. The number of nitrogens with zero attached hydrogens (tertiary/aromatic N) is 2. The number of aromatic nitrogens is 1. The third-order valence-corrected chi connectivity index (χ3v) is 4.48. The van der Waals surface area contributed by atoms with Gasteiger partial charge in [-0.05, 0) is 38.8 Å². The Morgan fingerprint density at radius 1 is 1.15 bits per heavy atom. The van der Waals surface area contributed by atoms with E-state index in [1.54, 1.807) is 17.0 Å². The molecule has 0 aliphatic rings. The molecule has 0 unspecified atom stereocenters. The molecular formula is C20H27N3O3. The lowest BCUT2D eigenvalue weighted by Gasteiger charge is -2.27. The standard InChI is InChI=1S/C20H27N3O3/c1-5-14(3)21-19(24)17-13-26-18(22-17)12-23(15(4)6-2)20(25)16-10-8-7-9-11-16/h7-11,13-15H,5-6,12H2,1-4H3,(H,21,24)/t14-,15+/m1/s1. The summed E-state index contributed by atoms with van der Waals surface area (Å²) in [4.78, 5) is 31.0. The van der Waals surface area contributed by atoms with Crippen molar-refractivity contribution in [3.8, 4) is 0 Å². The highest BCUT2D eigenvalue weighted by Gasteiger charge is 2.23. The van der Waals surface area contributed by atoms with Crippen LogP contribution in [0.1, 0.15) is 67.3 Å². The number of benzene rings is 1. The van der Waals surface area contributed by atoms with Gasteiger partial charge in [0.25, 0.3) is 11.8 Å². The van der Waals surface area contributed by atoms with Crippen LogP contribution in [0.5, 0.6) is 0 Å². The van der Waals surface area contributed by atoms with Crippen LogP contribution >= 0.6 is 0 Å². The first-order valence-electron chi connectivity index (χ1n) is 9.07. The number of oxazole rings is 1. The number of hydrogen-bond acceptors (Lipinski definition) is 4. The minimum atomic E-state index is -0.265. The van der Waals surface area contributed by atoms with Gasteiger partial charge in [0, 0.05) is 17.6 Å². The predicted molar refractivity (Wildman–Crippen MR) is 99.8 cm³/mol. The molecule has 6 nitrogen and oxygen atoms in total. The van der Waals surface area contributed by atoms with Crippen LogP contribution < -0.4 is 5.32 Å². The molecule has 2 rings (SSSR count). The molecule has 2 atom stereocenters. The van der Waals surface area contributed by atoms with Crippen molar-refractivity contribution in [1.82, 2.24) is 15.2 Å². The maximum atomic E-state index is 12.9. The average molecular weight is 357 g/mol. The molecular weight excluding hydrogens is 330 g/mol. The second-order valence-corrected chi connectivity index (χ2v) is 6.47. The summed E-state index contributed by atoms with van der Waals surface area (Å²) in [7, 11) is 0. The second kappa shape index (κ2) is 9.17. The lowest BCUT2D eigenvalue weighted by atomic mass is 10.1. The Bertz CT molecular complexity index is 727. The van der Waals surface area contributed by atoms with Crippen LogP contribution in [-0.2, 0) is 6.54 Å². The minimum absolute atomic E-state index is 0.0204. The number of hydrogen-bond donors (Lipinski definition) is 1. The van der Waals surface area contributed by atoms with Gasteiger partial charge in [0.2, 0.25) is 5.89 Å². The third kappa shape index (κ3) is 4.94. The molecule has 0 radical (unpaired) electrons. The summed E-state index contributed by atoms with van der Waals surface area (Å²) in [6, 6.07) is 9.22. The largest absolute Gasteiger partial charge is 0.446 e. The highest BCUT2D eigenvalue weighted by molar-refractivity contribution is 5.94. The monoisotopic (exact) mass is 357 g/mol. The number of amides is 2. The molecule has 0 bridgehead atoms. The van der Waals surface area contributed by atoms with Gasteiger partial charge in [-0.25, -0.2) is 4.98 Å². The van der Waals surface area contributed by atoms with Crippen molar-refractivity contribution in [1.29, 1.82) is 0 Å². The summed E-state index contributed by atoms with van der Waals surface area (Å²) >= 11 is 0. The Morgan fingerprint density at radius 3 is 2.46 bits per heavy atom. The average Bonchev–Trinajstić information content (AvgIpc) is 3.14. The van der Waals surface area contributed by atoms with E-state index in [9.17, 15) is 9.59 Å². The number of carbonyl (C=O) groups excluding carboxylic acids is 2. The van der Waals surface area contributed by atoms with Crippen LogP contribution in [0.15, 0.2) is 41.0 Å². The third-order valence-electron chi connectivity index (χ3n) is 4.48. The summed E-state index contributed by atoms with van der Waals surface area (Å²) in [5.74, 6) is 0.00599. The Kier molecular flexibility index (Phi) is 6.95. The predicted octanol–water partition coefficient (Wildman–Crippen LogP) is 3.64. The summed E-state index contributed by atoms with van der Waals surface area (Å²) in [6.45, 7) is 8.16. The van der Waals surface area contributed by atoms with Gasteiger partial charge < -0.3 is 14.6 Å². The van der Waals surface area contributed by atoms with E-state index >= 15 is 0 Å². The maximum Gasteiger partial charge on any atom is 0.273 e. The fourth-order valence-corrected chi connectivity index (χ4v) is 2.43. The highest BCUT2D eigenvalue weighted by atomic mass is 16.3. The summed E-state index contributed by atoms with van der Waals surface area (Å²) in [5.41, 5.74) is 0.852. The first-order valence-corrected chi connectivity index (χ1v) is 9.07. The van der Waals surface area contributed by atoms with Crippen molar-refractivity contribution in [2.45, 2.75) is 59.2 Å². The Balaban J connectivity index is 2.14. The van der Waals surface area contributed by atoms with Gasteiger partial charge in [0.15, 0.2) is 5.69 Å². The van der Waals surface area contributed by atoms with Crippen LogP contribution in [0.4, 0.5) is 0 Å². The van der Waals surface area contributed by atoms with Gasteiger partial charge >= 0.3 is 0 Å². The molecule has 1 aromatic heterocycles. The van der Waals surface area contributed by atoms with Crippen LogP contribution in [0.3, 0.4) is 0 Å². The fraction of sp³-hybridized carbons (Fsp3) is 0.450. The van der Waals surface area contributed by atoms with E-state index in [1.165, 1.54) is 6.26 Å². The molecule has 0 saturated carbocycles. The topological polar surface area (TPSA) is 75.4 Å². The molecule has 2 aromatic rings. The van der Waals surface area contributed by atoms with Crippen molar-refractivity contribution >= 4 is 11.8 Å². The Labute approximate surface area is 154 Å². The zero-order valence-corrected chi connectivity index (χ0v) is 15.9. The smallest absolute Gasteiger partial charge is 0.273 e. The van der Waals surface area contributed by atoms with E-state index in [4.69, 9.17) is 4.42 Å². The SMILES string of the molecule is CC[C@@H](C)NC(=O)c1coc(CN(C(=O)c2ccccc2)[C@@H](C)CC)n1. The van der Waals surface area contributed by atoms with Crippen LogP contribution in [0.25, 0.3) is 0 Å². The van der Waals surface area contributed by atoms with Crippen molar-refractivity contribution in [2.75, 3.05) is 0 Å². The van der Waals surface area contributed by atoms with Gasteiger partial charge in [-0.15, -0.1) is 0 Å². The van der Waals surface area contributed by atoms with Gasteiger partial charge in [-0.3, -0.25) is 9.59 Å². The van der Waals surface area contributed by atoms with Crippen molar-refractivity contribution in [3.63, 3.8) is 0 Å². The lowest BCUT2D eigenvalue weighted by molar-refractivity contribution is 0.0652. The molecule has 1 N–H and O–H groups in total.